The van der Waals surface area contributed by atoms with Gasteiger partial charge in [-0.3, -0.25) is 14.6 Å². The van der Waals surface area contributed by atoms with Gasteiger partial charge in [0, 0.05) is 38.3 Å². The van der Waals surface area contributed by atoms with Crippen LogP contribution in [-0.2, 0) is 9.53 Å². The summed E-state index contributed by atoms with van der Waals surface area (Å²) in [6, 6.07) is 1.06. The maximum atomic E-state index is 11.7. The van der Waals surface area contributed by atoms with E-state index in [4.69, 9.17) is 10.5 Å². The molecule has 1 saturated carbocycles. The summed E-state index contributed by atoms with van der Waals surface area (Å²) in [5, 5.41) is 0. The normalized spacial score (nSPS) is 33.8. The zero-order valence-corrected chi connectivity index (χ0v) is 12.4. The fourth-order valence-corrected chi connectivity index (χ4v) is 3.37. The average Bonchev–Trinajstić information content (AvgIpc) is 2.82. The third-order valence-corrected chi connectivity index (χ3v) is 4.71. The van der Waals surface area contributed by atoms with Crippen LogP contribution in [-0.4, -0.2) is 66.7 Å². The zero-order valence-electron chi connectivity index (χ0n) is 12.4. The van der Waals surface area contributed by atoms with E-state index in [-0.39, 0.29) is 5.97 Å². The van der Waals surface area contributed by atoms with Gasteiger partial charge in [0.1, 0.15) is 5.54 Å². The molecule has 0 bridgehead atoms. The summed E-state index contributed by atoms with van der Waals surface area (Å²) < 4.78 is 4.83. The Morgan fingerprint density at radius 2 is 1.95 bits per heavy atom. The highest BCUT2D eigenvalue weighted by molar-refractivity contribution is 5.81. The Morgan fingerprint density at radius 3 is 2.47 bits per heavy atom. The van der Waals surface area contributed by atoms with Crippen molar-refractivity contribution >= 4 is 5.97 Å². The minimum Gasteiger partial charge on any atom is -0.468 e. The number of ether oxygens (including phenoxy) is 1. The lowest BCUT2D eigenvalue weighted by Crippen LogP contribution is -2.53. The Bertz CT molecular complexity index is 327. The molecule has 0 aromatic heterocycles. The second kappa shape index (κ2) is 5.77. The van der Waals surface area contributed by atoms with Gasteiger partial charge < -0.3 is 10.5 Å². The molecule has 1 aliphatic heterocycles. The third kappa shape index (κ3) is 3.09. The van der Waals surface area contributed by atoms with Crippen LogP contribution in [0.4, 0.5) is 0 Å². The Kier molecular flexibility index (Phi) is 4.48. The van der Waals surface area contributed by atoms with E-state index in [0.29, 0.717) is 12.1 Å². The molecule has 19 heavy (non-hydrogen) atoms. The van der Waals surface area contributed by atoms with Crippen LogP contribution in [0.1, 0.15) is 33.1 Å². The number of rotatable bonds is 3. The predicted octanol–water partition coefficient (Wildman–Crippen LogP) is 0.435. The molecule has 2 unspecified atom stereocenters. The van der Waals surface area contributed by atoms with Crippen LogP contribution in [0.2, 0.25) is 0 Å². The topological polar surface area (TPSA) is 58.8 Å². The van der Waals surface area contributed by atoms with E-state index < -0.39 is 5.54 Å². The van der Waals surface area contributed by atoms with Gasteiger partial charge in [-0.15, -0.1) is 0 Å². The molecule has 2 fully saturated rings. The monoisotopic (exact) mass is 269 g/mol. The number of methoxy groups -OCH3 is 1. The van der Waals surface area contributed by atoms with Crippen LogP contribution in [0, 0.1) is 0 Å². The van der Waals surface area contributed by atoms with Crippen molar-refractivity contribution in [2.24, 2.45) is 5.73 Å². The van der Waals surface area contributed by atoms with Gasteiger partial charge in [-0.25, -0.2) is 0 Å². The highest BCUT2D eigenvalue weighted by Crippen LogP contribution is 2.32. The third-order valence-electron chi connectivity index (χ3n) is 4.71. The van der Waals surface area contributed by atoms with Gasteiger partial charge in [0.2, 0.25) is 0 Å². The molecule has 1 saturated heterocycles. The molecule has 2 rings (SSSR count). The van der Waals surface area contributed by atoms with Crippen LogP contribution in [0.3, 0.4) is 0 Å². The smallest absolute Gasteiger partial charge is 0.325 e. The van der Waals surface area contributed by atoms with E-state index in [0.717, 1.165) is 45.4 Å². The minimum absolute atomic E-state index is 0.254. The second-order valence-corrected chi connectivity index (χ2v) is 6.21. The van der Waals surface area contributed by atoms with Crippen molar-refractivity contribution in [1.82, 2.24) is 9.80 Å². The van der Waals surface area contributed by atoms with Crippen LogP contribution >= 0.6 is 0 Å². The van der Waals surface area contributed by atoms with Crippen molar-refractivity contribution in [3.63, 3.8) is 0 Å². The van der Waals surface area contributed by atoms with Crippen molar-refractivity contribution in [2.75, 3.05) is 33.3 Å². The molecule has 0 aromatic carbocycles. The summed E-state index contributed by atoms with van der Waals surface area (Å²) in [7, 11) is 1.42. The largest absolute Gasteiger partial charge is 0.468 e. The number of hydrogen-bond donors (Lipinski definition) is 1. The van der Waals surface area contributed by atoms with Gasteiger partial charge in [0.15, 0.2) is 0 Å². The molecule has 110 valence electrons. The molecular weight excluding hydrogens is 242 g/mol. The van der Waals surface area contributed by atoms with Crippen molar-refractivity contribution < 1.29 is 9.53 Å². The van der Waals surface area contributed by atoms with Gasteiger partial charge in [-0.2, -0.15) is 0 Å². The lowest BCUT2D eigenvalue weighted by molar-refractivity contribution is -0.147. The highest BCUT2D eigenvalue weighted by atomic mass is 16.5. The Hall–Kier alpha value is -0.650. The van der Waals surface area contributed by atoms with Gasteiger partial charge in [0.05, 0.1) is 7.11 Å². The molecule has 2 N–H and O–H groups in total. The average molecular weight is 269 g/mol. The Balaban J connectivity index is 1.87. The number of esters is 1. The van der Waals surface area contributed by atoms with E-state index >= 15 is 0 Å². The molecule has 0 amide bonds. The Labute approximate surface area is 116 Å². The van der Waals surface area contributed by atoms with E-state index in [9.17, 15) is 4.79 Å². The molecule has 1 aliphatic carbocycles. The summed E-state index contributed by atoms with van der Waals surface area (Å²) >= 11 is 0. The first kappa shape index (κ1) is 14.8. The molecule has 0 aromatic rings. The van der Waals surface area contributed by atoms with Crippen LogP contribution in [0.25, 0.3) is 0 Å². The minimum atomic E-state index is -0.755. The van der Waals surface area contributed by atoms with E-state index in [1.165, 1.54) is 7.11 Å². The van der Waals surface area contributed by atoms with Gasteiger partial charge in [-0.05, 0) is 33.1 Å². The summed E-state index contributed by atoms with van der Waals surface area (Å²) in [5.41, 5.74) is 5.42. The first-order valence-electron chi connectivity index (χ1n) is 7.31. The quantitative estimate of drug-likeness (QED) is 0.753. The van der Waals surface area contributed by atoms with Gasteiger partial charge in [-0.1, -0.05) is 0 Å². The SMILES string of the molecule is COC(=O)C1(N)CCC(N2CCN(C(C)C)CC2)C1. The van der Waals surface area contributed by atoms with Gasteiger partial charge >= 0.3 is 5.97 Å². The maximum Gasteiger partial charge on any atom is 0.325 e. The maximum absolute atomic E-state index is 11.7. The standard InChI is InChI=1S/C14H27N3O2/c1-11(2)16-6-8-17(9-7-16)12-4-5-14(15,10-12)13(18)19-3/h11-12H,4-10,15H2,1-3H3. The Morgan fingerprint density at radius 1 is 1.32 bits per heavy atom. The first-order chi connectivity index (χ1) is 8.96. The number of nitrogens with two attached hydrogens (primary N) is 1. The highest BCUT2D eigenvalue weighted by Gasteiger charge is 2.45. The van der Waals surface area contributed by atoms with Crippen molar-refractivity contribution in [3.8, 4) is 0 Å². The number of nitrogens with zero attached hydrogens (tertiary/aromatic N) is 2. The fourth-order valence-electron chi connectivity index (χ4n) is 3.37. The summed E-state index contributed by atoms with van der Waals surface area (Å²) in [4.78, 5) is 16.7. The lowest BCUT2D eigenvalue weighted by Gasteiger charge is -2.40. The number of carbonyl (C=O) groups is 1. The first-order valence-corrected chi connectivity index (χ1v) is 7.31. The second-order valence-electron chi connectivity index (χ2n) is 6.21. The molecule has 5 heteroatoms. The van der Waals surface area contributed by atoms with Crippen LogP contribution < -0.4 is 5.73 Å². The molecule has 0 radical (unpaired) electrons. The molecule has 0 spiro atoms. The van der Waals surface area contributed by atoms with E-state index in [2.05, 4.69) is 23.6 Å². The van der Waals surface area contributed by atoms with Crippen LogP contribution in [0.5, 0.6) is 0 Å². The summed E-state index contributed by atoms with van der Waals surface area (Å²) in [6.07, 6.45) is 2.49. The van der Waals surface area contributed by atoms with Crippen molar-refractivity contribution in [3.05, 3.63) is 0 Å². The summed E-state index contributed by atoms with van der Waals surface area (Å²) in [6.45, 7) is 8.88. The number of carbonyl (C=O) groups excluding carboxylic acids is 1. The molecule has 2 aliphatic rings. The van der Waals surface area contributed by atoms with Crippen molar-refractivity contribution in [2.45, 2.75) is 50.7 Å². The zero-order chi connectivity index (χ0) is 14.0. The van der Waals surface area contributed by atoms with E-state index in [1.807, 2.05) is 0 Å². The summed E-state index contributed by atoms with van der Waals surface area (Å²) in [5.74, 6) is -0.254. The predicted molar refractivity (Wildman–Crippen MR) is 74.9 cm³/mol. The van der Waals surface area contributed by atoms with E-state index in [1.54, 1.807) is 0 Å². The molecule has 2 atom stereocenters. The fraction of sp³-hybridized carbons (Fsp3) is 0.929. The number of hydrogen-bond acceptors (Lipinski definition) is 5. The van der Waals surface area contributed by atoms with Gasteiger partial charge in [0.25, 0.3) is 0 Å². The molecule has 1 heterocycles. The van der Waals surface area contributed by atoms with Crippen molar-refractivity contribution in [1.29, 1.82) is 0 Å². The molecule has 5 nitrogen and oxygen atoms in total. The van der Waals surface area contributed by atoms with Crippen LogP contribution in [0.15, 0.2) is 0 Å². The number of piperazine rings is 1. The molecular formula is C14H27N3O2. The lowest BCUT2D eigenvalue weighted by atomic mass is 9.99.